The average Bonchev–Trinajstić information content (AvgIpc) is 3.26. The van der Waals surface area contributed by atoms with E-state index < -0.39 is 48.1 Å². The van der Waals surface area contributed by atoms with Crippen LogP contribution in [0.25, 0.3) is 0 Å². The third-order valence-corrected chi connectivity index (χ3v) is 7.59. The van der Waals surface area contributed by atoms with Crippen molar-refractivity contribution in [3.05, 3.63) is 69.3 Å². The van der Waals surface area contributed by atoms with E-state index in [0.29, 0.717) is 0 Å². The van der Waals surface area contributed by atoms with Crippen molar-refractivity contribution >= 4 is 53.3 Å². The van der Waals surface area contributed by atoms with Crippen molar-refractivity contribution in [2.24, 2.45) is 4.99 Å². The molecule has 2 aromatic carbocycles. The number of rotatable bonds is 5. The Bertz CT molecular complexity index is 1470. The van der Waals surface area contributed by atoms with Crippen LogP contribution in [0, 0.1) is 23.0 Å². The third-order valence-electron chi connectivity index (χ3n) is 4.71. The molecule has 1 N–H and O–H groups in total. The molecule has 0 bridgehead atoms. The number of aliphatic imine (C=N–C) groups is 1. The highest BCUT2D eigenvalue weighted by Crippen LogP contribution is 2.36. The van der Waals surface area contributed by atoms with Gasteiger partial charge in [0.2, 0.25) is 9.26 Å². The number of halogens is 3. The number of amides is 1. The topological polar surface area (TPSA) is 112 Å². The van der Waals surface area contributed by atoms with Gasteiger partial charge in [0, 0.05) is 26.5 Å². The largest absolute Gasteiger partial charge is 0.443 e. The van der Waals surface area contributed by atoms with Crippen LogP contribution in [-0.4, -0.2) is 25.7 Å². The first-order valence-electron chi connectivity index (χ1n) is 10.4. The van der Waals surface area contributed by atoms with E-state index in [2.05, 4.69) is 10.3 Å². The summed E-state index contributed by atoms with van der Waals surface area (Å²) in [6.07, 6.45) is -0.993. The first-order chi connectivity index (χ1) is 16.8. The van der Waals surface area contributed by atoms with E-state index in [1.807, 2.05) is 6.07 Å². The molecule has 2 aromatic rings. The Morgan fingerprint density at radius 1 is 1.25 bits per heavy atom. The number of benzene rings is 2. The van der Waals surface area contributed by atoms with E-state index in [4.69, 9.17) is 21.6 Å². The normalized spacial score (nSPS) is 15.6. The molecule has 1 aliphatic rings. The summed E-state index contributed by atoms with van der Waals surface area (Å²) in [6.45, 7) is 6.46. The van der Waals surface area contributed by atoms with Crippen LogP contribution < -0.4 is 10.2 Å². The highest BCUT2D eigenvalue weighted by molar-refractivity contribution is 8.42. The molecule has 0 aromatic heterocycles. The standard InChI is InChI=1S/C23H21ClF2N4O4S2/c1-13(15-7-14(10-27)5-6-17(15)25)29-19-9-18(26)20(8-16(19)24)30(22(31)34-23(2,3)4)21-11-35(12-28-21)36(32)33/h5-9,11-13,29H,1-4H3/t13?,35-/m0/s1. The fourth-order valence-electron chi connectivity index (χ4n) is 3.15. The summed E-state index contributed by atoms with van der Waals surface area (Å²) in [5, 5.41) is 13.2. The molecule has 0 spiro atoms. The van der Waals surface area contributed by atoms with Gasteiger partial charge in [0.25, 0.3) is 0 Å². The van der Waals surface area contributed by atoms with Gasteiger partial charge in [-0.2, -0.15) is 13.7 Å². The molecular formula is C23H21ClF2N4O4S2. The molecule has 190 valence electrons. The van der Waals surface area contributed by atoms with Gasteiger partial charge in [-0.05, 0) is 52.0 Å². The SMILES string of the molecule is CC(Nc1cc(F)c(N(C(=O)OC(C)(C)C)C2=C[S@](=S(=O)=O)C=N2)cc1Cl)c1cc(C#N)ccc1F. The number of hydrogen-bond donors (Lipinski definition) is 1. The van der Waals surface area contributed by atoms with Gasteiger partial charge in [0.05, 0.1) is 39.6 Å². The summed E-state index contributed by atoms with van der Waals surface area (Å²) in [7, 11) is -3.92. The highest BCUT2D eigenvalue weighted by atomic mass is 35.5. The quantitative estimate of drug-likeness (QED) is 0.510. The second kappa shape index (κ2) is 10.8. The lowest BCUT2D eigenvalue weighted by atomic mass is 10.0. The minimum atomic E-state index is -2.52. The van der Waals surface area contributed by atoms with Gasteiger partial charge in [-0.25, -0.2) is 23.5 Å². The molecule has 36 heavy (non-hydrogen) atoms. The van der Waals surface area contributed by atoms with Crippen LogP contribution in [0.15, 0.2) is 46.6 Å². The van der Waals surface area contributed by atoms with Gasteiger partial charge in [0.15, 0.2) is 5.82 Å². The predicted octanol–water partition coefficient (Wildman–Crippen LogP) is 5.66. The number of carbonyl (C=O) groups is 1. The molecule has 0 saturated carbocycles. The summed E-state index contributed by atoms with van der Waals surface area (Å²) in [4.78, 5) is 17.7. The van der Waals surface area contributed by atoms with Crippen molar-refractivity contribution in [3.8, 4) is 6.07 Å². The van der Waals surface area contributed by atoms with Crippen LogP contribution in [0.3, 0.4) is 0 Å². The van der Waals surface area contributed by atoms with Crippen molar-refractivity contribution in [1.29, 1.82) is 5.26 Å². The molecule has 0 radical (unpaired) electrons. The Labute approximate surface area is 215 Å². The zero-order chi connectivity index (χ0) is 26.8. The zero-order valence-electron chi connectivity index (χ0n) is 19.5. The molecule has 8 nitrogen and oxygen atoms in total. The molecular weight excluding hydrogens is 534 g/mol. The lowest BCUT2D eigenvalue weighted by Crippen LogP contribution is -2.36. The van der Waals surface area contributed by atoms with Gasteiger partial charge in [-0.15, -0.1) is 0 Å². The Morgan fingerprint density at radius 2 is 1.94 bits per heavy atom. The van der Waals surface area contributed by atoms with Crippen molar-refractivity contribution in [2.45, 2.75) is 39.3 Å². The molecule has 13 heteroatoms. The molecule has 1 amide bonds. The molecule has 3 rings (SSSR count). The lowest BCUT2D eigenvalue weighted by molar-refractivity contribution is 0.0591. The first-order valence-corrected chi connectivity index (χ1v) is 13.7. The third kappa shape index (κ3) is 6.29. The molecule has 1 unspecified atom stereocenters. The Kier molecular flexibility index (Phi) is 8.18. The molecule has 0 saturated heterocycles. The van der Waals surface area contributed by atoms with E-state index in [9.17, 15) is 17.6 Å². The molecule has 1 aliphatic heterocycles. The second-order valence-corrected chi connectivity index (χ2v) is 12.4. The Hall–Kier alpha value is -3.27. The molecule has 2 atom stereocenters. The van der Waals surface area contributed by atoms with E-state index in [0.717, 1.165) is 28.6 Å². The van der Waals surface area contributed by atoms with Crippen LogP contribution in [-0.2, 0) is 23.5 Å². The number of nitriles is 1. The van der Waals surface area contributed by atoms with E-state index >= 15 is 4.39 Å². The first kappa shape index (κ1) is 27.3. The molecule has 1 heterocycles. The zero-order valence-corrected chi connectivity index (χ0v) is 21.9. The van der Waals surface area contributed by atoms with Crippen molar-refractivity contribution < 1.29 is 26.7 Å². The summed E-state index contributed by atoms with van der Waals surface area (Å²) in [5.74, 6) is -1.61. The van der Waals surface area contributed by atoms with Gasteiger partial charge < -0.3 is 10.1 Å². The Morgan fingerprint density at radius 3 is 2.53 bits per heavy atom. The van der Waals surface area contributed by atoms with Crippen molar-refractivity contribution in [1.82, 2.24) is 0 Å². The number of anilines is 2. The fourth-order valence-corrected chi connectivity index (χ4v) is 4.99. The van der Waals surface area contributed by atoms with Gasteiger partial charge >= 0.3 is 6.09 Å². The van der Waals surface area contributed by atoms with Gasteiger partial charge in [0.1, 0.15) is 17.2 Å². The van der Waals surface area contributed by atoms with E-state index in [1.165, 1.54) is 17.5 Å². The summed E-state index contributed by atoms with van der Waals surface area (Å²) < 4.78 is 57.8. The minimum absolute atomic E-state index is 0.0161. The predicted molar refractivity (Wildman–Crippen MR) is 136 cm³/mol. The maximum Gasteiger partial charge on any atom is 0.420 e. The van der Waals surface area contributed by atoms with E-state index in [1.54, 1.807) is 27.7 Å². The summed E-state index contributed by atoms with van der Waals surface area (Å²) >= 11 is 6.39. The van der Waals surface area contributed by atoms with Crippen LogP contribution >= 0.6 is 11.6 Å². The number of ether oxygens (including phenoxy) is 1. The van der Waals surface area contributed by atoms with Crippen molar-refractivity contribution in [3.63, 3.8) is 0 Å². The number of nitrogens with zero attached hydrogens (tertiary/aromatic N) is 3. The van der Waals surface area contributed by atoms with Crippen LogP contribution in [0.1, 0.15) is 44.9 Å². The van der Waals surface area contributed by atoms with Crippen LogP contribution in [0.2, 0.25) is 5.02 Å². The van der Waals surface area contributed by atoms with Gasteiger partial charge in [-0.1, -0.05) is 11.6 Å². The monoisotopic (exact) mass is 554 g/mol. The fraction of sp³-hybridized carbons (Fsp3) is 0.261. The van der Waals surface area contributed by atoms with Crippen LogP contribution in [0.5, 0.6) is 0 Å². The van der Waals surface area contributed by atoms with Crippen LogP contribution in [0.4, 0.5) is 25.0 Å². The maximum absolute atomic E-state index is 15.4. The lowest BCUT2D eigenvalue weighted by Gasteiger charge is -2.27. The second-order valence-electron chi connectivity index (χ2n) is 8.56. The number of hydrogen-bond acceptors (Lipinski definition) is 7. The van der Waals surface area contributed by atoms with E-state index in [-0.39, 0.29) is 33.3 Å². The Balaban J connectivity index is 2.02. The summed E-state index contributed by atoms with van der Waals surface area (Å²) in [5.41, 5.74) is 0.380. The van der Waals surface area contributed by atoms with Crippen molar-refractivity contribution in [2.75, 3.05) is 10.2 Å². The van der Waals surface area contributed by atoms with Gasteiger partial charge in [-0.3, -0.25) is 0 Å². The molecule has 0 aliphatic carbocycles. The highest BCUT2D eigenvalue weighted by Gasteiger charge is 2.31. The number of carbonyl (C=O) groups excluding carboxylic acids is 1. The maximum atomic E-state index is 15.4. The molecule has 0 fully saturated rings. The average molecular weight is 555 g/mol. The minimum Gasteiger partial charge on any atom is -0.443 e. The number of nitrogens with one attached hydrogen (secondary N) is 1. The smallest absolute Gasteiger partial charge is 0.420 e. The summed E-state index contributed by atoms with van der Waals surface area (Å²) in [6, 6.07) is 7.28.